The summed E-state index contributed by atoms with van der Waals surface area (Å²) in [6.45, 7) is 12.7. The average molecular weight is 395 g/mol. The van der Waals surface area contributed by atoms with Crippen LogP contribution < -0.4 is 15.0 Å². The Morgan fingerprint density at radius 2 is 1.86 bits per heavy atom. The van der Waals surface area contributed by atoms with Crippen LogP contribution >= 0.6 is 0 Å². The molecule has 0 unspecified atom stereocenters. The maximum absolute atomic E-state index is 5.87. The Morgan fingerprint density at radius 1 is 1.07 bits per heavy atom. The summed E-state index contributed by atoms with van der Waals surface area (Å²) in [6, 6.07) is 12.9. The molecular weight excluding hydrogens is 360 g/mol. The van der Waals surface area contributed by atoms with E-state index in [1.54, 1.807) is 0 Å². The molecule has 4 rings (SSSR count). The Bertz CT molecular complexity index is 778. The van der Waals surface area contributed by atoms with Gasteiger partial charge in [-0.25, -0.2) is 0 Å². The zero-order valence-electron chi connectivity index (χ0n) is 17.9. The van der Waals surface area contributed by atoms with E-state index in [1.165, 1.54) is 23.4 Å². The van der Waals surface area contributed by atoms with Gasteiger partial charge in [0, 0.05) is 62.3 Å². The fourth-order valence-corrected chi connectivity index (χ4v) is 4.32. The van der Waals surface area contributed by atoms with Crippen LogP contribution in [0.1, 0.15) is 35.7 Å². The van der Waals surface area contributed by atoms with Gasteiger partial charge in [-0.3, -0.25) is 9.88 Å². The molecule has 29 heavy (non-hydrogen) atoms. The van der Waals surface area contributed by atoms with Gasteiger partial charge in [-0.15, -0.1) is 0 Å². The zero-order chi connectivity index (χ0) is 20.1. The minimum absolute atomic E-state index is 0.573. The number of aromatic nitrogens is 1. The van der Waals surface area contributed by atoms with Crippen molar-refractivity contribution < 1.29 is 4.74 Å². The molecule has 0 bridgehead atoms. The molecule has 2 fully saturated rings. The van der Waals surface area contributed by atoms with Crippen molar-refractivity contribution in [3.8, 4) is 5.75 Å². The quantitative estimate of drug-likeness (QED) is 0.729. The van der Waals surface area contributed by atoms with Crippen LogP contribution in [0, 0.1) is 13.8 Å². The fraction of sp³-hybridized carbons (Fsp3) is 0.542. The number of aryl methyl sites for hydroxylation is 2. The molecule has 0 aliphatic carbocycles. The minimum Gasteiger partial charge on any atom is -0.494 e. The summed E-state index contributed by atoms with van der Waals surface area (Å²) in [5.41, 5.74) is 5.02. The van der Waals surface area contributed by atoms with E-state index in [4.69, 9.17) is 9.72 Å². The van der Waals surface area contributed by atoms with Gasteiger partial charge in [-0.2, -0.15) is 0 Å². The molecule has 1 aromatic heterocycles. The Kier molecular flexibility index (Phi) is 6.67. The molecule has 0 spiro atoms. The van der Waals surface area contributed by atoms with Crippen molar-refractivity contribution in [3.05, 3.63) is 53.3 Å². The Balaban J connectivity index is 1.22. The first-order valence-corrected chi connectivity index (χ1v) is 11.0. The largest absolute Gasteiger partial charge is 0.494 e. The minimum atomic E-state index is 0.573. The Morgan fingerprint density at radius 3 is 2.59 bits per heavy atom. The second kappa shape index (κ2) is 9.59. The van der Waals surface area contributed by atoms with Crippen LogP contribution in [-0.4, -0.2) is 62.3 Å². The summed E-state index contributed by atoms with van der Waals surface area (Å²) >= 11 is 0. The summed E-state index contributed by atoms with van der Waals surface area (Å²) in [5, 5.41) is 3.46. The van der Waals surface area contributed by atoms with Crippen LogP contribution in [0.4, 0.5) is 5.69 Å². The topological polar surface area (TPSA) is 40.6 Å². The number of ether oxygens (including phenoxy) is 1. The average Bonchev–Trinajstić information content (AvgIpc) is 3.28. The van der Waals surface area contributed by atoms with Gasteiger partial charge >= 0.3 is 0 Å². The lowest BCUT2D eigenvalue weighted by Crippen LogP contribution is -2.46. The molecule has 3 heterocycles. The van der Waals surface area contributed by atoms with Gasteiger partial charge in [0.05, 0.1) is 6.61 Å². The second-order valence-corrected chi connectivity index (χ2v) is 8.43. The maximum Gasteiger partial charge on any atom is 0.119 e. The molecule has 156 valence electrons. The van der Waals surface area contributed by atoms with E-state index in [2.05, 4.69) is 65.4 Å². The Hall–Kier alpha value is -2.11. The second-order valence-electron chi connectivity index (χ2n) is 8.43. The third-order valence-electron chi connectivity index (χ3n) is 6.08. The molecule has 5 nitrogen and oxygen atoms in total. The van der Waals surface area contributed by atoms with Crippen molar-refractivity contribution in [1.82, 2.24) is 15.2 Å². The lowest BCUT2D eigenvalue weighted by molar-refractivity contribution is 0.224. The number of piperazine rings is 1. The van der Waals surface area contributed by atoms with Crippen LogP contribution in [0.15, 0.2) is 36.4 Å². The van der Waals surface area contributed by atoms with Gasteiger partial charge in [-0.05, 0) is 57.5 Å². The molecule has 1 atom stereocenters. The first kappa shape index (κ1) is 20.2. The first-order valence-electron chi connectivity index (χ1n) is 11.0. The summed E-state index contributed by atoms with van der Waals surface area (Å²) in [5.74, 6) is 1.55. The van der Waals surface area contributed by atoms with Crippen molar-refractivity contribution in [2.75, 3.05) is 57.3 Å². The van der Waals surface area contributed by atoms with Gasteiger partial charge in [0.15, 0.2) is 0 Å². The van der Waals surface area contributed by atoms with E-state index in [0.29, 0.717) is 5.92 Å². The molecule has 0 radical (unpaired) electrons. The molecule has 2 aliphatic heterocycles. The van der Waals surface area contributed by atoms with Crippen LogP contribution in [-0.2, 0) is 0 Å². The van der Waals surface area contributed by atoms with Crippen LogP contribution in [0.3, 0.4) is 0 Å². The Labute approximate surface area is 175 Å². The molecule has 0 saturated carbocycles. The normalized spacial score (nSPS) is 20.2. The van der Waals surface area contributed by atoms with Gasteiger partial charge in [0.25, 0.3) is 0 Å². The number of hydrogen-bond acceptors (Lipinski definition) is 5. The van der Waals surface area contributed by atoms with E-state index in [9.17, 15) is 0 Å². The number of rotatable bonds is 7. The molecule has 2 aromatic rings. The van der Waals surface area contributed by atoms with Crippen molar-refractivity contribution in [2.45, 2.75) is 32.6 Å². The molecule has 5 heteroatoms. The highest BCUT2D eigenvalue weighted by atomic mass is 16.5. The van der Waals surface area contributed by atoms with E-state index in [-0.39, 0.29) is 0 Å². The molecular formula is C24H34N4O. The highest BCUT2D eigenvalue weighted by molar-refractivity contribution is 5.49. The third-order valence-corrected chi connectivity index (χ3v) is 6.08. The molecule has 0 amide bonds. The number of hydrogen-bond donors (Lipinski definition) is 1. The van der Waals surface area contributed by atoms with Crippen molar-refractivity contribution >= 4 is 5.69 Å². The third kappa shape index (κ3) is 5.49. The highest BCUT2D eigenvalue weighted by Gasteiger charge is 2.21. The van der Waals surface area contributed by atoms with Crippen molar-refractivity contribution in [2.24, 2.45) is 0 Å². The van der Waals surface area contributed by atoms with E-state index < -0.39 is 0 Å². The van der Waals surface area contributed by atoms with E-state index >= 15 is 0 Å². The van der Waals surface area contributed by atoms with Crippen LogP contribution in [0.5, 0.6) is 5.75 Å². The number of benzene rings is 1. The van der Waals surface area contributed by atoms with E-state index in [1.807, 2.05) is 0 Å². The van der Waals surface area contributed by atoms with Crippen molar-refractivity contribution in [1.29, 1.82) is 0 Å². The smallest absolute Gasteiger partial charge is 0.119 e. The predicted octanol–water partition coefficient (Wildman–Crippen LogP) is 3.37. The summed E-state index contributed by atoms with van der Waals surface area (Å²) < 4.78 is 5.87. The molecule has 1 N–H and O–H groups in total. The fourth-order valence-electron chi connectivity index (χ4n) is 4.32. The number of anilines is 1. The van der Waals surface area contributed by atoms with E-state index in [0.717, 1.165) is 70.3 Å². The summed E-state index contributed by atoms with van der Waals surface area (Å²) in [7, 11) is 0. The van der Waals surface area contributed by atoms with Crippen LogP contribution in [0.25, 0.3) is 0 Å². The summed E-state index contributed by atoms with van der Waals surface area (Å²) in [6.07, 6.45) is 2.27. The molecule has 2 saturated heterocycles. The van der Waals surface area contributed by atoms with Crippen molar-refractivity contribution in [3.63, 3.8) is 0 Å². The molecule has 2 aliphatic rings. The van der Waals surface area contributed by atoms with Gasteiger partial charge in [0.1, 0.15) is 5.75 Å². The standard InChI is InChI=1S/C24H34N4O/c1-19-4-6-23(7-5-19)29-15-3-10-27-11-13-28(14-12-27)22-16-20(2)26-24(17-22)21-8-9-25-18-21/h4-7,16-17,21,25H,3,8-15,18H2,1-2H3/t21-/m0/s1. The number of nitrogens with one attached hydrogen (secondary N) is 1. The van der Waals surface area contributed by atoms with Gasteiger partial charge in [0.2, 0.25) is 0 Å². The molecule has 1 aromatic carbocycles. The SMILES string of the molecule is Cc1ccc(OCCCN2CCN(c3cc(C)nc([C@H]4CCNC4)c3)CC2)cc1. The highest BCUT2D eigenvalue weighted by Crippen LogP contribution is 2.26. The number of nitrogens with zero attached hydrogens (tertiary/aromatic N) is 3. The van der Waals surface area contributed by atoms with Gasteiger partial charge in [-0.1, -0.05) is 17.7 Å². The predicted molar refractivity (Wildman–Crippen MR) is 119 cm³/mol. The monoisotopic (exact) mass is 394 g/mol. The lowest BCUT2D eigenvalue weighted by Gasteiger charge is -2.36. The van der Waals surface area contributed by atoms with Crippen LogP contribution in [0.2, 0.25) is 0 Å². The summed E-state index contributed by atoms with van der Waals surface area (Å²) in [4.78, 5) is 9.90. The number of pyridine rings is 1. The maximum atomic E-state index is 5.87. The van der Waals surface area contributed by atoms with Gasteiger partial charge < -0.3 is 15.0 Å². The first-order chi connectivity index (χ1) is 14.2. The lowest BCUT2D eigenvalue weighted by atomic mass is 10.0. The zero-order valence-corrected chi connectivity index (χ0v) is 17.9.